The van der Waals surface area contributed by atoms with Crippen molar-refractivity contribution >= 4 is 24.9 Å². The number of H-pyrrole nitrogens is 1. The van der Waals surface area contributed by atoms with Gasteiger partial charge < -0.3 is 25.4 Å². The molecule has 3 atom stereocenters. The Morgan fingerprint density at radius 2 is 2.74 bits per heavy atom. The number of fused-ring (bicyclic) bond motifs is 1. The third kappa shape index (κ3) is 3.27. The summed E-state index contributed by atoms with van der Waals surface area (Å²) in [6, 6.07) is 0. The van der Waals surface area contributed by atoms with E-state index < -0.39 is 68.1 Å². The van der Waals surface area contributed by atoms with Gasteiger partial charge in [0.15, 0.2) is 15.4 Å². The van der Waals surface area contributed by atoms with E-state index in [0.717, 1.165) is 0 Å². The molecule has 0 spiro atoms. The summed E-state index contributed by atoms with van der Waals surface area (Å²) in [6.07, 6.45) is -17.0. The van der Waals surface area contributed by atoms with Crippen LogP contribution >= 0.6 is 7.82 Å². The molecule has 126 valence electrons. The zero-order valence-corrected chi connectivity index (χ0v) is 11.5. The first kappa shape index (κ1) is 6.97. The van der Waals surface area contributed by atoms with E-state index in [4.69, 9.17) is 31.2 Å². The first-order valence-electron chi connectivity index (χ1n) is 11.3. The van der Waals surface area contributed by atoms with Crippen molar-refractivity contribution in [1.82, 2.24) is 19.5 Å². The fraction of sp³-hybridized carbons (Fsp3) is 0.500. The number of hydrogen-bond donors (Lipinski definition) is 5. The Hall–Kier alpha value is -1.82. The Kier molecular flexibility index (Phi) is 1.72. The van der Waals surface area contributed by atoms with Gasteiger partial charge in [-0.3, -0.25) is 18.9 Å². The lowest BCUT2D eigenvalue weighted by Gasteiger charge is -2.16. The summed E-state index contributed by atoms with van der Waals surface area (Å²) in [7, 11) is -5.81. The number of nitrogens with two attached hydrogens (primary N) is 1. The number of nitrogen functional groups attached to an aromatic ring is 1. The Bertz CT molecular complexity index is 1300. The lowest BCUT2D eigenvalue weighted by atomic mass is 10.2. The summed E-state index contributed by atoms with van der Waals surface area (Å²) >= 11 is 0. The average molecular weight is 364 g/mol. The van der Waals surface area contributed by atoms with E-state index in [1.54, 1.807) is 0 Å². The third-order valence-corrected chi connectivity index (χ3v) is 2.71. The van der Waals surface area contributed by atoms with Crippen molar-refractivity contribution in [2.75, 3.05) is 12.3 Å². The summed E-state index contributed by atoms with van der Waals surface area (Å²) < 4.78 is 114. The van der Waals surface area contributed by atoms with Crippen LogP contribution in [0.3, 0.4) is 0 Å². The smallest absolute Gasteiger partial charge is 0.390 e. The zero-order valence-electron chi connectivity index (χ0n) is 22.6. The van der Waals surface area contributed by atoms with Gasteiger partial charge in [-0.25, -0.2) is 9.55 Å². The number of aromatic amines is 1. The maximum absolute atomic E-state index is 12.4. The summed E-state index contributed by atoms with van der Waals surface area (Å²) in [5.41, 5.74) is -3.63. The Morgan fingerprint density at radius 3 is 3.43 bits per heavy atom. The molecular formula is C10H14N5O7P. The highest BCUT2D eigenvalue weighted by atomic mass is 31.2. The largest absolute Gasteiger partial charge is 0.469 e. The molecule has 6 N–H and O–H groups in total. The lowest BCUT2D eigenvalue weighted by Crippen LogP contribution is -2.25. The number of nitrogens with zero attached hydrogens (tertiary/aromatic N) is 3. The van der Waals surface area contributed by atoms with Crippen LogP contribution in [0.1, 0.15) is 23.5 Å². The normalized spacial score (nSPS) is 45.0. The highest BCUT2D eigenvalue weighted by Gasteiger charge is 2.37. The number of imidazole rings is 1. The van der Waals surface area contributed by atoms with E-state index in [-0.39, 0.29) is 15.3 Å². The third-order valence-electron chi connectivity index (χ3n) is 2.38. The van der Waals surface area contributed by atoms with Crippen molar-refractivity contribution in [3.63, 3.8) is 0 Å². The second-order valence-corrected chi connectivity index (χ2v) is 5.09. The fourth-order valence-electron chi connectivity index (χ4n) is 1.55. The van der Waals surface area contributed by atoms with Crippen LogP contribution < -0.4 is 11.3 Å². The number of ether oxygens (including phenoxy) is 1. The maximum Gasteiger partial charge on any atom is 0.469 e. The molecule has 0 saturated carbocycles. The molecule has 1 aliphatic heterocycles. The van der Waals surface area contributed by atoms with E-state index in [1.807, 2.05) is 0 Å². The predicted molar refractivity (Wildman–Crippen MR) is 75.1 cm³/mol. The molecular weight excluding hydrogens is 338 g/mol. The van der Waals surface area contributed by atoms with E-state index in [9.17, 15) is 9.36 Å². The van der Waals surface area contributed by atoms with Crippen LogP contribution in [-0.4, -0.2) is 54.6 Å². The Morgan fingerprint density at radius 1 is 1.91 bits per heavy atom. The SMILES string of the molecule is [2H]O[C@@]1([2H])C([2H])([2H])[C@]([2H])([15n]2c([2H])[15n]c3c(=O)[15n]([2H])c([15N]([2H])[2H])[15n]c32)O[C@]1([2H])C([2H])([2H])OP(=O)(O)O. The first-order chi connectivity index (χ1) is 15.6. The molecule has 3 rings (SSSR count). The van der Waals surface area contributed by atoms with Gasteiger partial charge in [0.1, 0.15) is 13.7 Å². The van der Waals surface area contributed by atoms with E-state index in [1.165, 1.54) is 0 Å². The maximum atomic E-state index is 12.4. The van der Waals surface area contributed by atoms with Gasteiger partial charge in [-0.15, -0.1) is 0 Å². The van der Waals surface area contributed by atoms with Crippen LogP contribution in [0.4, 0.5) is 5.95 Å². The molecule has 1 saturated heterocycles. The number of phosphoric acid groups is 1. The molecule has 12 nitrogen and oxygen atoms in total. The van der Waals surface area contributed by atoms with Crippen molar-refractivity contribution in [2.45, 2.75) is 24.7 Å². The Labute approximate surface area is 145 Å². The van der Waals surface area contributed by atoms with E-state index in [2.05, 4.69) is 19.6 Å². The van der Waals surface area contributed by atoms with E-state index >= 15 is 0 Å². The number of nitrogens with one attached hydrogen (secondary N) is 1. The zero-order chi connectivity index (χ0) is 27.2. The quantitative estimate of drug-likeness (QED) is 0.297. The summed E-state index contributed by atoms with van der Waals surface area (Å²) in [6.45, 7) is -4.16. The van der Waals surface area contributed by atoms with Crippen LogP contribution in [0.2, 0.25) is 4.24 Å². The van der Waals surface area contributed by atoms with Crippen LogP contribution in [0.5, 0.6) is 0 Å². The molecule has 2 aromatic heterocycles. The van der Waals surface area contributed by atoms with Crippen molar-refractivity contribution in [3.8, 4) is 0 Å². The van der Waals surface area contributed by atoms with Crippen molar-refractivity contribution in [3.05, 3.63) is 16.7 Å². The molecule has 13 heteroatoms. The van der Waals surface area contributed by atoms with Crippen LogP contribution in [0, 0.1) is 0 Å². The number of aromatic nitrogens is 4. The van der Waals surface area contributed by atoms with Gasteiger partial charge >= 0.3 is 7.82 Å². The molecule has 3 heterocycles. The predicted octanol–water partition coefficient (Wildman–Crippen LogP) is -1.54. The highest BCUT2D eigenvalue weighted by molar-refractivity contribution is 7.46. The first-order valence-corrected chi connectivity index (χ1v) is 7.05. The second kappa shape index (κ2) is 5.67. The molecule has 2 aromatic rings. The lowest BCUT2D eigenvalue weighted by molar-refractivity contribution is -0.0424. The summed E-state index contributed by atoms with van der Waals surface area (Å²) in [5.74, 6) is -1.06. The minimum absolute atomic E-state index is 0.0110. The molecule has 23 heavy (non-hydrogen) atoms. The van der Waals surface area contributed by atoms with Gasteiger partial charge in [0.2, 0.25) is 7.38 Å². The van der Waals surface area contributed by atoms with Gasteiger partial charge in [0.05, 0.1) is 25.8 Å². The van der Waals surface area contributed by atoms with Crippen LogP contribution in [0.25, 0.3) is 11.2 Å². The number of hydrogen-bond acceptors (Lipinski definition) is 8. The molecule has 0 radical (unpaired) electrons. The van der Waals surface area contributed by atoms with Crippen LogP contribution in [-0.2, 0) is 13.8 Å². The van der Waals surface area contributed by atoms with Crippen molar-refractivity contribution in [1.29, 1.82) is 1.43 Å². The number of rotatable bonds is 6. The second-order valence-electron chi connectivity index (χ2n) is 3.92. The highest BCUT2D eigenvalue weighted by Crippen LogP contribution is 2.38. The summed E-state index contributed by atoms with van der Waals surface area (Å²) in [5, 5.41) is 3.94. The van der Waals surface area contributed by atoms with Gasteiger partial charge in [-0.05, 0) is 0 Å². The van der Waals surface area contributed by atoms with Crippen molar-refractivity contribution < 1.29 is 43.9 Å². The number of anilines is 1. The molecule has 0 unspecified atom stereocenters. The van der Waals surface area contributed by atoms with E-state index in [0.29, 0.717) is 0 Å². The molecule has 0 aliphatic carbocycles. The van der Waals surface area contributed by atoms with Gasteiger partial charge in [0, 0.05) is 9.11 Å². The minimum atomic E-state index is -5.81. The van der Waals surface area contributed by atoms with Gasteiger partial charge in [-0.1, -0.05) is 0 Å². The number of phosphoric ester groups is 1. The molecule has 0 bridgehead atoms. The minimum Gasteiger partial charge on any atom is -0.390 e. The monoisotopic (exact) mass is 364 g/mol. The summed E-state index contributed by atoms with van der Waals surface area (Å²) in [4.78, 5) is 37.3. The molecule has 1 fully saturated rings. The topological polar surface area (TPSA) is 186 Å². The van der Waals surface area contributed by atoms with Gasteiger partial charge in [-0.2, -0.15) is 4.98 Å². The Balaban J connectivity index is 2.41. The van der Waals surface area contributed by atoms with Crippen molar-refractivity contribution in [2.24, 2.45) is 0 Å². The van der Waals surface area contributed by atoms with Crippen LogP contribution in [0.15, 0.2) is 11.1 Å². The molecule has 1 aliphatic rings. The number of aliphatic hydroxyl groups is 1. The van der Waals surface area contributed by atoms with Gasteiger partial charge in [0.25, 0.3) is 5.56 Å². The fourth-order valence-corrected chi connectivity index (χ4v) is 1.75. The standard InChI is InChI=1S/C10H14N5O7P/c11-10-13-8-7(9(17)14-10)12-3-15(8)6-1-4(16)5(22-6)2-21-23(18,19)20/h3-6,16H,1-2H2,(H2,18,19,20)(H3,11,13,14,17)/t4-,5+,6+/m0/s1/i1D2,2D2,3D,4D,5D,6D,11+1,12+1,13+1,14+1,15+1,16D/hD3. The molecule has 0 aromatic carbocycles. The average Bonchev–Trinajstić information content (AvgIpc) is 3.08. The molecule has 0 amide bonds.